The Morgan fingerprint density at radius 3 is 2.54 bits per heavy atom. The van der Waals surface area contributed by atoms with E-state index in [1.807, 2.05) is 30.3 Å². The highest BCUT2D eigenvalue weighted by atomic mass is 16.4. The molecule has 1 atom stereocenters. The van der Waals surface area contributed by atoms with E-state index in [9.17, 15) is 4.79 Å². The number of aliphatic imine (C=N–C) groups is 1. The van der Waals surface area contributed by atoms with E-state index in [0.29, 0.717) is 6.54 Å². The van der Waals surface area contributed by atoms with Gasteiger partial charge in [-0.15, -0.1) is 0 Å². The summed E-state index contributed by atoms with van der Waals surface area (Å²) in [6.07, 6.45) is -0.329. The molecule has 0 bridgehead atoms. The normalized spacial score (nSPS) is 18.7. The minimum atomic E-state index is -1.19. The highest BCUT2D eigenvalue weighted by Crippen LogP contribution is 2.33. The number of piperazine rings is 1. The molecule has 3 N–H and O–H groups in total. The zero-order valence-electron chi connectivity index (χ0n) is 14.9. The van der Waals surface area contributed by atoms with Gasteiger partial charge >= 0.3 is 5.97 Å². The molecule has 1 aliphatic rings. The van der Waals surface area contributed by atoms with Crippen molar-refractivity contribution in [3.05, 3.63) is 54.6 Å². The van der Waals surface area contributed by atoms with Gasteiger partial charge in [0.2, 0.25) is 5.84 Å². The van der Waals surface area contributed by atoms with E-state index in [-0.39, 0.29) is 12.0 Å². The molecule has 0 saturated carbocycles. The number of nitrogens with two attached hydrogens (primary N) is 1. The van der Waals surface area contributed by atoms with Gasteiger partial charge in [-0.05, 0) is 18.2 Å². The molecular weight excluding hydrogens is 328 g/mol. The van der Waals surface area contributed by atoms with E-state index >= 15 is 0 Å². The zero-order valence-corrected chi connectivity index (χ0v) is 14.9. The molecule has 0 spiro atoms. The molecule has 26 heavy (non-hydrogen) atoms. The third-order valence-electron chi connectivity index (χ3n) is 4.69. The monoisotopic (exact) mass is 352 g/mol. The maximum atomic E-state index is 11.2. The van der Waals surface area contributed by atoms with Crippen molar-refractivity contribution in [2.24, 2.45) is 10.7 Å². The van der Waals surface area contributed by atoms with Crippen LogP contribution >= 0.6 is 0 Å². The Bertz CT molecular complexity index is 791. The summed E-state index contributed by atoms with van der Waals surface area (Å²) in [7, 11) is 0. The van der Waals surface area contributed by atoms with E-state index in [0.717, 1.165) is 36.4 Å². The summed E-state index contributed by atoms with van der Waals surface area (Å²) in [5, 5.41) is 9.14. The minimum Gasteiger partial charge on any atom is -0.475 e. The lowest BCUT2D eigenvalue weighted by Gasteiger charge is -2.41. The molecule has 0 aromatic heterocycles. The van der Waals surface area contributed by atoms with Crippen LogP contribution in [0.4, 0.5) is 5.69 Å². The number of amidine groups is 1. The number of carbonyl (C=O) groups is 1. The van der Waals surface area contributed by atoms with E-state index in [2.05, 4.69) is 46.0 Å². The maximum Gasteiger partial charge on any atom is 0.371 e. The number of carboxylic acids is 1. The first-order valence-electron chi connectivity index (χ1n) is 8.80. The van der Waals surface area contributed by atoms with Gasteiger partial charge in [0, 0.05) is 30.9 Å². The molecule has 1 aliphatic heterocycles. The Morgan fingerprint density at radius 1 is 1.15 bits per heavy atom. The molecule has 1 saturated heterocycles. The fourth-order valence-electron chi connectivity index (χ4n) is 3.30. The van der Waals surface area contributed by atoms with E-state index < -0.39 is 5.97 Å². The lowest BCUT2D eigenvalue weighted by Crippen LogP contribution is -2.53. The van der Waals surface area contributed by atoms with Crippen LogP contribution in [0, 0.1) is 0 Å². The van der Waals surface area contributed by atoms with Crippen molar-refractivity contribution in [1.82, 2.24) is 4.90 Å². The van der Waals surface area contributed by atoms with Crippen molar-refractivity contribution in [3.63, 3.8) is 0 Å². The van der Waals surface area contributed by atoms with Gasteiger partial charge in [-0.2, -0.15) is 0 Å². The largest absolute Gasteiger partial charge is 0.475 e. The van der Waals surface area contributed by atoms with Crippen molar-refractivity contribution >= 4 is 17.5 Å². The Morgan fingerprint density at radius 2 is 1.85 bits per heavy atom. The summed E-state index contributed by atoms with van der Waals surface area (Å²) < 4.78 is 0. The standard InChI is InChI=1S/C20H24N4O2/c1-2-23-12-13-24(18(14-23)22-19(21)20(25)26)17-11-7-6-10-16(17)15-8-4-3-5-9-15/h3-11,18H,2,12-14H2,1H3,(H2,21,22)(H,25,26). The van der Waals surface area contributed by atoms with Gasteiger partial charge in [-0.1, -0.05) is 55.5 Å². The summed E-state index contributed by atoms with van der Waals surface area (Å²) in [5.41, 5.74) is 8.90. The van der Waals surface area contributed by atoms with Crippen LogP contribution in [-0.4, -0.2) is 54.2 Å². The summed E-state index contributed by atoms with van der Waals surface area (Å²) in [6.45, 7) is 5.30. The molecule has 0 radical (unpaired) electrons. The SMILES string of the molecule is CCN1CCN(c2ccccc2-c2ccccc2)C(/N=C(\N)C(=O)O)C1. The highest BCUT2D eigenvalue weighted by molar-refractivity contribution is 6.33. The predicted octanol–water partition coefficient (Wildman–Crippen LogP) is 2.26. The van der Waals surface area contributed by atoms with Crippen LogP contribution in [0.15, 0.2) is 59.6 Å². The number of likely N-dealkylation sites (N-methyl/N-ethyl adjacent to an activating group) is 1. The van der Waals surface area contributed by atoms with Crippen LogP contribution in [-0.2, 0) is 4.79 Å². The Hall–Kier alpha value is -2.86. The summed E-state index contributed by atoms with van der Waals surface area (Å²) in [6, 6.07) is 18.3. The first-order valence-corrected chi connectivity index (χ1v) is 8.80. The number of benzene rings is 2. The molecule has 0 amide bonds. The molecule has 136 valence electrons. The Balaban J connectivity index is 2.01. The second-order valence-corrected chi connectivity index (χ2v) is 6.27. The first-order chi connectivity index (χ1) is 12.6. The molecule has 1 unspecified atom stereocenters. The van der Waals surface area contributed by atoms with Gasteiger partial charge in [0.25, 0.3) is 0 Å². The minimum absolute atomic E-state index is 0.329. The molecule has 2 aromatic carbocycles. The topological polar surface area (TPSA) is 82.2 Å². The quantitative estimate of drug-likeness (QED) is 0.651. The van der Waals surface area contributed by atoms with Crippen LogP contribution in [0.2, 0.25) is 0 Å². The number of nitrogens with zero attached hydrogens (tertiary/aromatic N) is 3. The van der Waals surface area contributed by atoms with E-state index in [1.54, 1.807) is 0 Å². The number of rotatable bonds is 4. The third kappa shape index (κ3) is 3.86. The molecule has 1 heterocycles. The predicted molar refractivity (Wildman–Crippen MR) is 104 cm³/mol. The van der Waals surface area contributed by atoms with Crippen molar-refractivity contribution < 1.29 is 9.90 Å². The van der Waals surface area contributed by atoms with E-state index in [1.165, 1.54) is 0 Å². The summed E-state index contributed by atoms with van der Waals surface area (Å²) in [4.78, 5) is 19.9. The molecule has 3 rings (SSSR count). The van der Waals surface area contributed by atoms with Gasteiger partial charge in [0.1, 0.15) is 6.17 Å². The number of anilines is 1. The number of hydrogen-bond donors (Lipinski definition) is 2. The number of carboxylic acid groups (broad SMARTS) is 1. The fourth-order valence-corrected chi connectivity index (χ4v) is 3.30. The molecular formula is C20H24N4O2. The number of aliphatic carboxylic acids is 1. The van der Waals surface area contributed by atoms with Gasteiger partial charge in [0.15, 0.2) is 0 Å². The average molecular weight is 352 g/mol. The second kappa shape index (κ2) is 8.01. The molecule has 6 heteroatoms. The highest BCUT2D eigenvalue weighted by Gasteiger charge is 2.28. The van der Waals surface area contributed by atoms with Crippen molar-refractivity contribution in [3.8, 4) is 11.1 Å². The smallest absolute Gasteiger partial charge is 0.371 e. The van der Waals surface area contributed by atoms with Crippen LogP contribution in [0.25, 0.3) is 11.1 Å². The first kappa shape index (κ1) is 17.9. The van der Waals surface area contributed by atoms with Crippen LogP contribution in [0.3, 0.4) is 0 Å². The van der Waals surface area contributed by atoms with Gasteiger partial charge in [0.05, 0.1) is 0 Å². The van der Waals surface area contributed by atoms with Crippen molar-refractivity contribution in [2.45, 2.75) is 13.1 Å². The molecule has 0 aliphatic carbocycles. The van der Waals surface area contributed by atoms with E-state index in [4.69, 9.17) is 10.8 Å². The number of para-hydroxylation sites is 1. The summed E-state index contributed by atoms with van der Waals surface area (Å²) >= 11 is 0. The molecule has 1 fully saturated rings. The van der Waals surface area contributed by atoms with Crippen LogP contribution in [0.5, 0.6) is 0 Å². The molecule has 2 aromatic rings. The zero-order chi connectivity index (χ0) is 18.5. The Kier molecular flexibility index (Phi) is 5.53. The second-order valence-electron chi connectivity index (χ2n) is 6.27. The van der Waals surface area contributed by atoms with Crippen LogP contribution < -0.4 is 10.6 Å². The van der Waals surface area contributed by atoms with Gasteiger partial charge < -0.3 is 15.7 Å². The van der Waals surface area contributed by atoms with Crippen molar-refractivity contribution in [2.75, 3.05) is 31.1 Å². The lowest BCUT2D eigenvalue weighted by molar-refractivity contribution is -0.129. The lowest BCUT2D eigenvalue weighted by atomic mass is 10.0. The summed E-state index contributed by atoms with van der Waals surface area (Å²) in [5.74, 6) is -1.54. The maximum absolute atomic E-state index is 11.2. The van der Waals surface area contributed by atoms with Gasteiger partial charge in [-0.25, -0.2) is 9.79 Å². The van der Waals surface area contributed by atoms with Crippen molar-refractivity contribution in [1.29, 1.82) is 0 Å². The fraction of sp³-hybridized carbons (Fsp3) is 0.300. The van der Waals surface area contributed by atoms with Gasteiger partial charge in [-0.3, -0.25) is 4.90 Å². The Labute approximate surface area is 153 Å². The average Bonchev–Trinajstić information content (AvgIpc) is 2.68. The third-order valence-corrected chi connectivity index (χ3v) is 4.69. The van der Waals surface area contributed by atoms with Crippen LogP contribution in [0.1, 0.15) is 6.92 Å². The molecule has 6 nitrogen and oxygen atoms in total. The number of hydrogen-bond acceptors (Lipinski definition) is 4.